The Morgan fingerprint density at radius 3 is 2.73 bits per heavy atom. The van der Waals surface area contributed by atoms with Gasteiger partial charge in [0.05, 0.1) is 22.4 Å². The van der Waals surface area contributed by atoms with Crippen LogP contribution in [0, 0.1) is 6.92 Å². The maximum Gasteiger partial charge on any atom is 0.338 e. The summed E-state index contributed by atoms with van der Waals surface area (Å²) in [5, 5.41) is 3.05. The van der Waals surface area contributed by atoms with Crippen molar-refractivity contribution in [2.75, 3.05) is 6.61 Å². The molecule has 0 bridgehead atoms. The molecule has 190 valence electrons. The summed E-state index contributed by atoms with van der Waals surface area (Å²) in [4.78, 5) is 33.6. The third-order valence-corrected chi connectivity index (χ3v) is 8.48. The van der Waals surface area contributed by atoms with Crippen molar-refractivity contribution in [3.05, 3.63) is 102 Å². The number of ether oxygens (including phenoxy) is 1. The van der Waals surface area contributed by atoms with Gasteiger partial charge in [0, 0.05) is 33.6 Å². The minimum Gasteiger partial charge on any atom is -0.463 e. The van der Waals surface area contributed by atoms with Gasteiger partial charge in [0.25, 0.3) is 5.56 Å². The Hall–Kier alpha value is -3.49. The van der Waals surface area contributed by atoms with E-state index in [0.29, 0.717) is 33.6 Å². The number of fused-ring (bicyclic) bond motifs is 2. The highest BCUT2D eigenvalue weighted by molar-refractivity contribution is 7.10. The zero-order chi connectivity index (χ0) is 26.1. The van der Waals surface area contributed by atoms with E-state index in [1.54, 1.807) is 11.5 Å². The molecule has 0 fully saturated rings. The van der Waals surface area contributed by atoms with Crippen molar-refractivity contribution < 1.29 is 9.53 Å². The van der Waals surface area contributed by atoms with E-state index in [1.165, 1.54) is 22.7 Å². The van der Waals surface area contributed by atoms with Gasteiger partial charge in [0.2, 0.25) is 0 Å². The molecule has 1 aliphatic rings. The quantitative estimate of drug-likeness (QED) is 0.235. The molecule has 0 amide bonds. The molecule has 3 aromatic heterocycles. The van der Waals surface area contributed by atoms with Gasteiger partial charge < -0.3 is 9.30 Å². The second-order valence-corrected chi connectivity index (χ2v) is 10.8. The molecule has 0 saturated carbocycles. The van der Waals surface area contributed by atoms with Gasteiger partial charge >= 0.3 is 5.97 Å². The highest BCUT2D eigenvalue weighted by atomic mass is 32.1. The van der Waals surface area contributed by atoms with Crippen LogP contribution < -0.4 is 14.9 Å². The van der Waals surface area contributed by atoms with Gasteiger partial charge in [-0.25, -0.2) is 9.79 Å². The van der Waals surface area contributed by atoms with Gasteiger partial charge in [0.1, 0.15) is 6.04 Å². The van der Waals surface area contributed by atoms with E-state index in [2.05, 4.69) is 37.1 Å². The van der Waals surface area contributed by atoms with Crippen molar-refractivity contribution >= 4 is 45.6 Å². The average Bonchev–Trinajstić information content (AvgIpc) is 3.59. The molecule has 4 aromatic rings. The van der Waals surface area contributed by atoms with Crippen molar-refractivity contribution in [1.29, 1.82) is 0 Å². The number of carbonyl (C=O) groups is 1. The number of benzene rings is 1. The highest BCUT2D eigenvalue weighted by Gasteiger charge is 2.34. The van der Waals surface area contributed by atoms with E-state index in [1.807, 2.05) is 41.8 Å². The number of nitrogens with zero attached hydrogens (tertiary/aromatic N) is 3. The summed E-state index contributed by atoms with van der Waals surface area (Å²) >= 11 is 2.90. The van der Waals surface area contributed by atoms with E-state index in [-0.39, 0.29) is 12.2 Å². The molecule has 37 heavy (non-hydrogen) atoms. The first-order chi connectivity index (χ1) is 18.0. The van der Waals surface area contributed by atoms with Crippen LogP contribution in [0.25, 0.3) is 17.0 Å². The van der Waals surface area contributed by atoms with Crippen LogP contribution >= 0.6 is 22.7 Å². The molecule has 5 rings (SSSR count). The van der Waals surface area contributed by atoms with Gasteiger partial charge in [-0.1, -0.05) is 55.0 Å². The van der Waals surface area contributed by atoms with Crippen molar-refractivity contribution in [1.82, 2.24) is 9.13 Å². The molecular formula is C29H29N3O3S2. The molecule has 1 aliphatic heterocycles. The van der Waals surface area contributed by atoms with Gasteiger partial charge in [-0.2, -0.15) is 0 Å². The Bertz CT molecular complexity index is 1700. The van der Waals surface area contributed by atoms with E-state index in [4.69, 9.17) is 9.73 Å². The van der Waals surface area contributed by atoms with Crippen molar-refractivity contribution in [2.24, 2.45) is 4.99 Å². The number of thiophene rings is 1. The van der Waals surface area contributed by atoms with Crippen molar-refractivity contribution in [2.45, 2.75) is 46.2 Å². The fraction of sp³-hybridized carbons (Fsp3) is 0.276. The first-order valence-corrected chi connectivity index (χ1v) is 14.1. The molecule has 0 spiro atoms. The number of para-hydroxylation sites is 1. The number of hydrogen-bond acceptors (Lipinski definition) is 6. The Labute approximate surface area is 223 Å². The van der Waals surface area contributed by atoms with Gasteiger partial charge in [-0.15, -0.1) is 17.9 Å². The van der Waals surface area contributed by atoms with E-state index in [9.17, 15) is 9.59 Å². The van der Waals surface area contributed by atoms with E-state index in [0.717, 1.165) is 33.5 Å². The number of hydrogen-bond donors (Lipinski definition) is 0. The number of esters is 1. The van der Waals surface area contributed by atoms with Crippen LogP contribution in [0.15, 0.2) is 75.5 Å². The molecule has 0 saturated heterocycles. The monoisotopic (exact) mass is 531 g/mol. The number of thiazole rings is 1. The molecule has 6 nitrogen and oxygen atoms in total. The Kier molecular flexibility index (Phi) is 7.13. The molecular weight excluding hydrogens is 502 g/mol. The lowest BCUT2D eigenvalue weighted by molar-refractivity contribution is -0.139. The summed E-state index contributed by atoms with van der Waals surface area (Å²) in [7, 11) is 0. The highest BCUT2D eigenvalue weighted by Crippen LogP contribution is 2.34. The van der Waals surface area contributed by atoms with Crippen LogP contribution in [0.4, 0.5) is 0 Å². The summed E-state index contributed by atoms with van der Waals surface area (Å²) in [6.45, 7) is 10.8. The standard InChI is InChI=1S/C29H29N3O3S2/c1-5-11-21-25(28(34)35-7-3)26(23-14-10-16-36-23)32-27(33)24(37-29(32)30-21)17-20-18(4)31(15-6-2)22-13-9-8-12-19(20)22/h6,8-10,12-14,16-17,26H,2,5,7,11,15H2,1,3-4H3/b24-17+. The second-order valence-electron chi connectivity index (χ2n) is 8.84. The molecule has 1 aromatic carbocycles. The summed E-state index contributed by atoms with van der Waals surface area (Å²) in [5.74, 6) is -0.411. The number of allylic oxidation sites excluding steroid dienone is 2. The SMILES string of the molecule is C=CCn1c(C)c(/C=c2/sc3n(c2=O)C(c2cccs2)C(C(=O)OCC)=C(CCC)N=3)c2ccccc21. The van der Waals surface area contributed by atoms with Gasteiger partial charge in [-0.3, -0.25) is 9.36 Å². The summed E-state index contributed by atoms with van der Waals surface area (Å²) in [6, 6.07) is 11.6. The summed E-state index contributed by atoms with van der Waals surface area (Å²) < 4.78 is 9.92. The summed E-state index contributed by atoms with van der Waals surface area (Å²) in [5.41, 5.74) is 4.19. The van der Waals surface area contributed by atoms with Crippen LogP contribution in [0.5, 0.6) is 0 Å². The zero-order valence-electron chi connectivity index (χ0n) is 21.2. The maximum atomic E-state index is 14.0. The van der Waals surface area contributed by atoms with Crippen LogP contribution in [0.2, 0.25) is 0 Å². The largest absolute Gasteiger partial charge is 0.463 e. The minimum atomic E-state index is -0.554. The molecule has 0 aliphatic carbocycles. The predicted molar refractivity (Wildman–Crippen MR) is 151 cm³/mol. The van der Waals surface area contributed by atoms with Crippen LogP contribution in [0.3, 0.4) is 0 Å². The molecule has 4 heterocycles. The third-order valence-electron chi connectivity index (χ3n) is 6.57. The first-order valence-electron chi connectivity index (χ1n) is 12.4. The fourth-order valence-electron chi connectivity index (χ4n) is 4.97. The Balaban J connectivity index is 1.78. The molecule has 8 heteroatoms. The van der Waals surface area contributed by atoms with Crippen molar-refractivity contribution in [3.8, 4) is 0 Å². The average molecular weight is 532 g/mol. The van der Waals surface area contributed by atoms with Crippen LogP contribution in [-0.4, -0.2) is 21.7 Å². The number of aromatic nitrogens is 2. The number of carbonyl (C=O) groups excluding carboxylic acids is 1. The van der Waals surface area contributed by atoms with Crippen LogP contribution in [-0.2, 0) is 16.1 Å². The first kappa shape index (κ1) is 25.2. The molecule has 1 atom stereocenters. The fourth-order valence-corrected chi connectivity index (χ4v) is 6.80. The summed E-state index contributed by atoms with van der Waals surface area (Å²) in [6.07, 6.45) is 5.31. The number of rotatable bonds is 8. The second kappa shape index (κ2) is 10.5. The van der Waals surface area contributed by atoms with E-state index >= 15 is 0 Å². The van der Waals surface area contributed by atoms with Gasteiger partial charge in [0.15, 0.2) is 4.80 Å². The topological polar surface area (TPSA) is 65.6 Å². The molecule has 1 unspecified atom stereocenters. The van der Waals surface area contributed by atoms with Crippen LogP contribution in [0.1, 0.15) is 48.9 Å². The molecule has 0 radical (unpaired) electrons. The minimum absolute atomic E-state index is 0.153. The Morgan fingerprint density at radius 2 is 2.03 bits per heavy atom. The zero-order valence-corrected chi connectivity index (χ0v) is 22.8. The van der Waals surface area contributed by atoms with Crippen molar-refractivity contribution in [3.63, 3.8) is 0 Å². The molecule has 0 N–H and O–H groups in total. The van der Waals surface area contributed by atoms with Gasteiger partial charge in [-0.05, 0) is 43.9 Å². The maximum absolute atomic E-state index is 14.0. The lowest BCUT2D eigenvalue weighted by atomic mass is 9.99. The lowest BCUT2D eigenvalue weighted by Gasteiger charge is -2.24. The predicted octanol–water partition coefficient (Wildman–Crippen LogP) is 5.09. The van der Waals surface area contributed by atoms with E-state index < -0.39 is 12.0 Å². The normalized spacial score (nSPS) is 15.6. The lowest BCUT2D eigenvalue weighted by Crippen LogP contribution is -2.39. The smallest absolute Gasteiger partial charge is 0.338 e. The third kappa shape index (κ3) is 4.34. The Morgan fingerprint density at radius 1 is 1.22 bits per heavy atom.